The number of piperidine rings is 3. The van der Waals surface area contributed by atoms with Crippen LogP contribution in [-0.4, -0.2) is 102 Å². The average molecular weight is 750 g/mol. The Balaban J connectivity index is 1.12. The molecule has 4 heterocycles. The van der Waals surface area contributed by atoms with E-state index in [1.54, 1.807) is 4.90 Å². The summed E-state index contributed by atoms with van der Waals surface area (Å²) in [6.45, 7) is 4.27. The highest BCUT2D eigenvalue weighted by Gasteiger charge is 2.38. The van der Waals surface area contributed by atoms with Crippen LogP contribution in [0.2, 0.25) is 0 Å². The van der Waals surface area contributed by atoms with Gasteiger partial charge in [-0.3, -0.25) is 4.79 Å². The first-order valence-corrected chi connectivity index (χ1v) is 18.1. The molecule has 4 amide bonds. The van der Waals surface area contributed by atoms with E-state index < -0.39 is 35.5 Å². The van der Waals surface area contributed by atoms with E-state index in [0.29, 0.717) is 58.0 Å². The van der Waals surface area contributed by atoms with Gasteiger partial charge in [0.05, 0.1) is 11.3 Å². The summed E-state index contributed by atoms with van der Waals surface area (Å²) in [5.41, 5.74) is 6.33. The summed E-state index contributed by atoms with van der Waals surface area (Å²) < 4.78 is 47.4. The van der Waals surface area contributed by atoms with Crippen molar-refractivity contribution in [1.29, 1.82) is 0 Å². The zero-order valence-electron chi connectivity index (χ0n) is 27.5. The smallest absolute Gasteiger partial charge is 0.418 e. The maximum absolute atomic E-state index is 14.0. The lowest BCUT2D eigenvalue weighted by molar-refractivity contribution is -0.142. The Bertz CT molecular complexity index is 1520. The van der Waals surface area contributed by atoms with E-state index in [9.17, 15) is 27.6 Å². The lowest BCUT2D eigenvalue weighted by Crippen LogP contribution is -2.53. The third-order valence-electron chi connectivity index (χ3n) is 10.4. The minimum absolute atomic E-state index is 0.0555. The van der Waals surface area contributed by atoms with Gasteiger partial charge in [0, 0.05) is 61.4 Å². The van der Waals surface area contributed by atoms with E-state index >= 15 is 0 Å². The number of benzene rings is 2. The third-order valence-corrected chi connectivity index (χ3v) is 11.1. The molecule has 4 aliphatic rings. The van der Waals surface area contributed by atoms with E-state index in [4.69, 9.17) is 10.5 Å². The summed E-state index contributed by atoms with van der Waals surface area (Å²) in [5.74, 6) is -0.414. The predicted octanol–water partition coefficient (Wildman–Crippen LogP) is 6.13. The van der Waals surface area contributed by atoms with Gasteiger partial charge >= 0.3 is 18.3 Å². The summed E-state index contributed by atoms with van der Waals surface area (Å²) in [5, 5.41) is 2.99. The number of anilines is 2. The number of ether oxygens (including phenoxy) is 1. The molecule has 0 aliphatic carbocycles. The molecule has 14 heteroatoms. The summed E-state index contributed by atoms with van der Waals surface area (Å²) in [6, 6.07) is 10.2. The predicted molar refractivity (Wildman–Crippen MR) is 183 cm³/mol. The number of nitrogen functional groups attached to an aromatic ring is 1. The fourth-order valence-electron chi connectivity index (χ4n) is 7.65. The van der Waals surface area contributed by atoms with Crippen LogP contribution in [0.3, 0.4) is 0 Å². The second-order valence-electron chi connectivity index (χ2n) is 13.5. The molecule has 0 spiro atoms. The summed E-state index contributed by atoms with van der Waals surface area (Å²) in [4.78, 5) is 48.1. The quantitative estimate of drug-likeness (QED) is 0.344. The van der Waals surface area contributed by atoms with Gasteiger partial charge < -0.3 is 35.4 Å². The Kier molecular flexibility index (Phi) is 10.9. The van der Waals surface area contributed by atoms with Crippen LogP contribution in [0.4, 0.5) is 34.1 Å². The molecule has 3 saturated heterocycles. The van der Waals surface area contributed by atoms with Gasteiger partial charge in [-0.25, -0.2) is 9.59 Å². The minimum Gasteiger partial charge on any atom is -0.436 e. The molecule has 266 valence electrons. The summed E-state index contributed by atoms with van der Waals surface area (Å²) >= 11 is 3.13. The Labute approximate surface area is 293 Å². The van der Waals surface area contributed by atoms with Crippen molar-refractivity contribution in [3.8, 4) is 0 Å². The zero-order chi connectivity index (χ0) is 34.7. The number of para-hydroxylation sites is 1. The summed E-state index contributed by atoms with van der Waals surface area (Å²) in [6.07, 6.45) is -0.0105. The fourth-order valence-corrected chi connectivity index (χ4v) is 8.16. The van der Waals surface area contributed by atoms with E-state index in [2.05, 4.69) is 26.1 Å². The lowest BCUT2D eigenvalue weighted by Gasteiger charge is -2.41. The molecule has 2 aromatic rings. The molecule has 0 radical (unpaired) electrons. The number of halogens is 4. The van der Waals surface area contributed by atoms with Crippen molar-refractivity contribution in [2.24, 2.45) is 0 Å². The SMILES string of the molecule is Nc1c(Br)cc(C[C@@H](OC(=O)N2CCC(N3CCc4ccccc4NC3=O)CC2)C(=O)N2CCC(N3CCCCC3)CC2)cc1C(F)(F)F. The number of nitrogens with two attached hydrogens (primary N) is 1. The third kappa shape index (κ3) is 8.28. The second-order valence-corrected chi connectivity index (χ2v) is 14.4. The number of carbonyl (C=O) groups is 3. The Hall–Kier alpha value is -3.52. The van der Waals surface area contributed by atoms with Crippen molar-refractivity contribution in [3.05, 3.63) is 57.6 Å². The molecule has 49 heavy (non-hydrogen) atoms. The number of alkyl halides is 3. The van der Waals surface area contributed by atoms with Gasteiger partial charge in [-0.2, -0.15) is 13.2 Å². The van der Waals surface area contributed by atoms with Crippen LogP contribution >= 0.6 is 15.9 Å². The van der Waals surface area contributed by atoms with Gasteiger partial charge in [0.2, 0.25) is 0 Å². The topological polar surface area (TPSA) is 111 Å². The standard InChI is InChI=1S/C35H44BrF3N6O4/c36-28-21-23(20-27(31(28)40)35(37,38)39)22-30(32(46)43-15-9-25(10-16-43)42-13-4-1-5-14-42)49-34(48)44-17-11-26(12-18-44)45-19-8-24-6-2-3-7-29(24)41-33(45)47/h2-3,6-7,20-21,25-26,30H,1,4-5,8-19,22,40H2,(H,41,47)/t30-/m1/s1. The number of likely N-dealkylation sites (tertiary alicyclic amines) is 3. The molecule has 10 nitrogen and oxygen atoms in total. The molecule has 2 aromatic carbocycles. The molecule has 0 bridgehead atoms. The van der Waals surface area contributed by atoms with Gasteiger partial charge in [-0.1, -0.05) is 24.6 Å². The molecule has 6 rings (SSSR count). The van der Waals surface area contributed by atoms with Crippen LogP contribution < -0.4 is 11.1 Å². The van der Waals surface area contributed by atoms with Gasteiger partial charge in [0.15, 0.2) is 6.10 Å². The van der Waals surface area contributed by atoms with Crippen LogP contribution in [-0.2, 0) is 28.5 Å². The molecular formula is C35H44BrF3N6O4. The second kappa shape index (κ2) is 15.2. The number of hydrogen-bond acceptors (Lipinski definition) is 6. The highest BCUT2D eigenvalue weighted by Crippen LogP contribution is 2.38. The van der Waals surface area contributed by atoms with Gasteiger partial charge in [0.1, 0.15) is 0 Å². The minimum atomic E-state index is -4.70. The number of nitrogens with zero attached hydrogens (tertiary/aromatic N) is 4. The van der Waals surface area contributed by atoms with Crippen LogP contribution in [0.5, 0.6) is 0 Å². The monoisotopic (exact) mass is 748 g/mol. The molecular weight excluding hydrogens is 705 g/mol. The van der Waals surface area contributed by atoms with Gasteiger partial charge in [-0.05, 0) is 103 Å². The van der Waals surface area contributed by atoms with Crippen molar-refractivity contribution in [2.45, 2.75) is 82.2 Å². The number of carbonyl (C=O) groups excluding carboxylic acids is 3. The van der Waals surface area contributed by atoms with Gasteiger partial charge in [-0.15, -0.1) is 0 Å². The molecule has 3 N–H and O–H groups in total. The maximum Gasteiger partial charge on any atom is 0.418 e. The molecule has 0 aromatic heterocycles. The van der Waals surface area contributed by atoms with E-state index in [1.807, 2.05) is 29.2 Å². The van der Waals surface area contributed by atoms with Crippen molar-refractivity contribution < 1.29 is 32.3 Å². The maximum atomic E-state index is 14.0. The fraction of sp³-hybridized carbons (Fsp3) is 0.571. The molecule has 0 unspecified atom stereocenters. The Morgan fingerprint density at radius 3 is 2.27 bits per heavy atom. The first kappa shape index (κ1) is 35.3. The Morgan fingerprint density at radius 1 is 0.918 bits per heavy atom. The number of amides is 4. The largest absolute Gasteiger partial charge is 0.436 e. The molecule has 3 fully saturated rings. The van der Waals surface area contributed by atoms with E-state index in [-0.39, 0.29) is 28.5 Å². The van der Waals surface area contributed by atoms with E-state index in [1.165, 1.54) is 30.2 Å². The van der Waals surface area contributed by atoms with Gasteiger partial charge in [0.25, 0.3) is 5.91 Å². The summed E-state index contributed by atoms with van der Waals surface area (Å²) in [7, 11) is 0. The van der Waals surface area contributed by atoms with Crippen LogP contribution in [0.1, 0.15) is 61.6 Å². The highest BCUT2D eigenvalue weighted by atomic mass is 79.9. The van der Waals surface area contributed by atoms with Crippen molar-refractivity contribution in [1.82, 2.24) is 19.6 Å². The molecule has 1 atom stereocenters. The van der Waals surface area contributed by atoms with Crippen molar-refractivity contribution in [3.63, 3.8) is 0 Å². The normalized spacial score (nSPS) is 20.7. The number of nitrogens with one attached hydrogen (secondary N) is 1. The molecule has 0 saturated carbocycles. The lowest BCUT2D eigenvalue weighted by atomic mass is 9.98. The number of hydrogen-bond donors (Lipinski definition) is 2. The number of fused-ring (bicyclic) bond motifs is 1. The first-order valence-electron chi connectivity index (χ1n) is 17.3. The van der Waals surface area contributed by atoms with Crippen LogP contribution in [0, 0.1) is 0 Å². The average Bonchev–Trinajstić information content (AvgIpc) is 3.27. The van der Waals surface area contributed by atoms with Crippen LogP contribution in [0.25, 0.3) is 0 Å². The molecule has 4 aliphatic heterocycles. The van der Waals surface area contributed by atoms with E-state index in [0.717, 1.165) is 43.2 Å². The van der Waals surface area contributed by atoms with Crippen molar-refractivity contribution in [2.75, 3.05) is 56.9 Å². The highest BCUT2D eigenvalue weighted by molar-refractivity contribution is 9.10. The Morgan fingerprint density at radius 2 is 1.57 bits per heavy atom. The van der Waals surface area contributed by atoms with Crippen LogP contribution in [0.15, 0.2) is 40.9 Å². The first-order chi connectivity index (χ1) is 23.5. The zero-order valence-corrected chi connectivity index (χ0v) is 29.1. The van der Waals surface area contributed by atoms with Crippen molar-refractivity contribution >= 4 is 45.3 Å². The number of rotatable bonds is 6. The number of urea groups is 1.